The second-order valence-electron chi connectivity index (χ2n) is 10.5. The lowest BCUT2D eigenvalue weighted by molar-refractivity contribution is -0.195. The van der Waals surface area contributed by atoms with E-state index in [1.54, 1.807) is 42.5 Å². The molecule has 0 spiro atoms. The van der Waals surface area contributed by atoms with Gasteiger partial charge in [0, 0.05) is 26.2 Å². The Kier molecular flexibility index (Phi) is 11.8. The lowest BCUT2D eigenvalue weighted by atomic mass is 9.89. The molecule has 1 unspecified atom stereocenters. The van der Waals surface area contributed by atoms with E-state index in [9.17, 15) is 24.0 Å². The average Bonchev–Trinajstić information content (AvgIpc) is 3.33. The first-order chi connectivity index (χ1) is 21.7. The lowest BCUT2D eigenvalue weighted by Crippen LogP contribution is -2.45. The van der Waals surface area contributed by atoms with Gasteiger partial charge in [-0.25, -0.2) is 9.59 Å². The molecule has 1 aliphatic heterocycles. The maximum absolute atomic E-state index is 13.9. The Morgan fingerprint density at radius 2 is 1.33 bits per heavy atom. The molecule has 0 bridgehead atoms. The summed E-state index contributed by atoms with van der Waals surface area (Å²) in [5.41, 5.74) is 1.86. The van der Waals surface area contributed by atoms with Crippen LogP contribution in [0.1, 0.15) is 41.8 Å². The quantitative estimate of drug-likeness (QED) is 0.219. The van der Waals surface area contributed by atoms with Crippen LogP contribution in [-0.4, -0.2) is 60.9 Å². The van der Waals surface area contributed by atoms with Crippen LogP contribution in [0.3, 0.4) is 0 Å². The minimum Gasteiger partial charge on any atom is -0.459 e. The van der Waals surface area contributed by atoms with Crippen molar-refractivity contribution in [1.29, 1.82) is 0 Å². The van der Waals surface area contributed by atoms with Crippen molar-refractivity contribution in [2.24, 2.45) is 5.92 Å². The number of hydrogen-bond donors (Lipinski definition) is 1. The largest absolute Gasteiger partial charge is 0.459 e. The molecule has 3 aromatic carbocycles. The molecule has 4 rings (SSSR count). The van der Waals surface area contributed by atoms with Gasteiger partial charge in [0.25, 0.3) is 0 Å². The smallest absolute Gasteiger partial charge is 0.408 e. The van der Waals surface area contributed by atoms with E-state index in [4.69, 9.17) is 23.7 Å². The molecule has 0 radical (unpaired) electrons. The fraction of sp³-hybridized carbons (Fsp3) is 0.324. The molecule has 1 saturated heterocycles. The highest BCUT2D eigenvalue weighted by Crippen LogP contribution is 2.34. The molecular formula is C34H35NO10. The van der Waals surface area contributed by atoms with Crippen molar-refractivity contribution >= 4 is 29.8 Å². The summed E-state index contributed by atoms with van der Waals surface area (Å²) in [6.45, 7) is 2.02. The van der Waals surface area contributed by atoms with E-state index in [1.807, 2.05) is 48.5 Å². The molecule has 1 amide bonds. The van der Waals surface area contributed by atoms with E-state index in [2.05, 4.69) is 5.32 Å². The zero-order chi connectivity index (χ0) is 32.2. The lowest BCUT2D eigenvalue weighted by Gasteiger charge is -2.25. The molecule has 1 fully saturated rings. The van der Waals surface area contributed by atoms with Crippen LogP contribution in [0.15, 0.2) is 91.0 Å². The number of rotatable bonds is 13. The Morgan fingerprint density at radius 1 is 0.756 bits per heavy atom. The third kappa shape index (κ3) is 10.0. The molecular weight excluding hydrogens is 582 g/mol. The molecule has 11 nitrogen and oxygen atoms in total. The van der Waals surface area contributed by atoms with Gasteiger partial charge in [-0.15, -0.1) is 0 Å². The third-order valence-electron chi connectivity index (χ3n) is 7.06. The number of amides is 1. The van der Waals surface area contributed by atoms with Crippen LogP contribution in [0.4, 0.5) is 4.79 Å². The van der Waals surface area contributed by atoms with Gasteiger partial charge in [-0.1, -0.05) is 78.9 Å². The van der Waals surface area contributed by atoms with Gasteiger partial charge in [0.15, 0.2) is 11.9 Å². The monoisotopic (exact) mass is 617 g/mol. The molecule has 3 aromatic rings. The molecule has 0 aromatic heterocycles. The Morgan fingerprint density at radius 3 is 1.93 bits per heavy atom. The SMILES string of the molecule is CC(=O)OC1[C@@H](OC(C)=O)O[C@H](COC(=O)c2ccccc2)[C@@H]1CC(=O)[C@H](Cc1ccccc1)NC(=O)OCc1ccccc1. The van der Waals surface area contributed by atoms with Crippen LogP contribution >= 0.6 is 0 Å². The Bertz CT molecular complexity index is 1450. The number of hydrogen-bond acceptors (Lipinski definition) is 10. The Hall–Kier alpha value is -5.03. The molecule has 0 aliphatic carbocycles. The molecule has 1 heterocycles. The fourth-order valence-corrected chi connectivity index (χ4v) is 4.96. The van der Waals surface area contributed by atoms with E-state index < -0.39 is 60.2 Å². The first-order valence-corrected chi connectivity index (χ1v) is 14.5. The third-order valence-corrected chi connectivity index (χ3v) is 7.06. The maximum atomic E-state index is 13.9. The van der Waals surface area contributed by atoms with Crippen LogP contribution in [-0.2, 0) is 51.1 Å². The summed E-state index contributed by atoms with van der Waals surface area (Å²) in [5.74, 6) is -3.34. The van der Waals surface area contributed by atoms with Crippen molar-refractivity contribution < 1.29 is 47.7 Å². The summed E-state index contributed by atoms with van der Waals surface area (Å²) in [7, 11) is 0. The number of carbonyl (C=O) groups excluding carboxylic acids is 5. The van der Waals surface area contributed by atoms with Gasteiger partial charge in [0.2, 0.25) is 6.29 Å². The minimum atomic E-state index is -1.35. The molecule has 1 aliphatic rings. The zero-order valence-corrected chi connectivity index (χ0v) is 25.0. The zero-order valence-electron chi connectivity index (χ0n) is 25.0. The highest BCUT2D eigenvalue weighted by Gasteiger charge is 2.50. The van der Waals surface area contributed by atoms with Gasteiger partial charge < -0.3 is 29.0 Å². The fourth-order valence-electron chi connectivity index (χ4n) is 4.96. The predicted octanol–water partition coefficient (Wildman–Crippen LogP) is 4.18. The molecule has 1 N–H and O–H groups in total. The standard InChI is InChI=1S/C34H35NO10/c1-22(36)43-31-27(30(45-33(31)44-23(2)37)21-41-32(39)26-16-10-5-11-17-26)19-29(38)28(18-24-12-6-3-7-13-24)35-34(40)42-20-25-14-8-4-9-15-25/h3-17,27-28,30-31,33H,18-21H2,1-2H3,(H,35,40)/t27-,28-,30+,31?,33-/m0/s1. The topological polar surface area (TPSA) is 144 Å². The van der Waals surface area contributed by atoms with Crippen LogP contribution in [0, 0.1) is 5.92 Å². The minimum absolute atomic E-state index is 0.00281. The van der Waals surface area contributed by atoms with Crippen molar-refractivity contribution in [2.45, 2.75) is 57.8 Å². The Labute approximate surface area is 260 Å². The number of ketones is 1. The number of ether oxygens (including phenoxy) is 5. The van der Waals surface area contributed by atoms with Crippen molar-refractivity contribution in [3.05, 3.63) is 108 Å². The summed E-state index contributed by atoms with van der Waals surface area (Å²) in [5, 5.41) is 2.67. The number of benzene rings is 3. The van der Waals surface area contributed by atoms with Gasteiger partial charge >= 0.3 is 24.0 Å². The van der Waals surface area contributed by atoms with Gasteiger partial charge in [-0.3, -0.25) is 14.4 Å². The molecule has 236 valence electrons. The van der Waals surface area contributed by atoms with Crippen molar-refractivity contribution in [3.8, 4) is 0 Å². The number of alkyl carbamates (subject to hydrolysis) is 1. The number of carbonyl (C=O) groups is 5. The van der Waals surface area contributed by atoms with Crippen LogP contribution < -0.4 is 5.32 Å². The number of nitrogens with one attached hydrogen (secondary N) is 1. The molecule has 45 heavy (non-hydrogen) atoms. The van der Waals surface area contributed by atoms with E-state index in [-0.39, 0.29) is 26.1 Å². The maximum Gasteiger partial charge on any atom is 0.408 e. The highest BCUT2D eigenvalue weighted by atomic mass is 16.7. The first kappa shape index (κ1) is 32.9. The van der Waals surface area contributed by atoms with Crippen LogP contribution in [0.25, 0.3) is 0 Å². The molecule has 5 atom stereocenters. The van der Waals surface area contributed by atoms with Crippen LogP contribution in [0.5, 0.6) is 0 Å². The van der Waals surface area contributed by atoms with Crippen molar-refractivity contribution in [2.75, 3.05) is 6.61 Å². The summed E-state index contributed by atoms with van der Waals surface area (Å²) in [4.78, 5) is 63.3. The second-order valence-corrected chi connectivity index (χ2v) is 10.5. The van der Waals surface area contributed by atoms with Gasteiger partial charge in [0.05, 0.1) is 11.6 Å². The number of esters is 3. The van der Waals surface area contributed by atoms with Crippen molar-refractivity contribution in [1.82, 2.24) is 5.32 Å². The molecule has 0 saturated carbocycles. The molecule has 11 heteroatoms. The summed E-state index contributed by atoms with van der Waals surface area (Å²) < 4.78 is 27.5. The van der Waals surface area contributed by atoms with Gasteiger partial charge in [-0.05, 0) is 29.7 Å². The summed E-state index contributed by atoms with van der Waals surface area (Å²) in [6.07, 6.45) is -4.44. The van der Waals surface area contributed by atoms with E-state index in [1.165, 1.54) is 6.92 Å². The van der Waals surface area contributed by atoms with Gasteiger partial charge in [0.1, 0.15) is 19.3 Å². The predicted molar refractivity (Wildman–Crippen MR) is 160 cm³/mol. The summed E-state index contributed by atoms with van der Waals surface area (Å²) in [6, 6.07) is 25.4. The van der Waals surface area contributed by atoms with Gasteiger partial charge in [-0.2, -0.15) is 0 Å². The average molecular weight is 618 g/mol. The van der Waals surface area contributed by atoms with E-state index in [0.29, 0.717) is 5.56 Å². The highest BCUT2D eigenvalue weighted by molar-refractivity contribution is 5.89. The van der Waals surface area contributed by atoms with E-state index >= 15 is 0 Å². The Balaban J connectivity index is 1.54. The second kappa shape index (κ2) is 16.2. The number of Topliss-reactive ketones (excluding diaryl/α,β-unsaturated/α-hetero) is 1. The van der Waals surface area contributed by atoms with Crippen LogP contribution in [0.2, 0.25) is 0 Å². The normalized spacial score (nSPS) is 19.5. The summed E-state index contributed by atoms with van der Waals surface area (Å²) >= 11 is 0. The first-order valence-electron chi connectivity index (χ1n) is 14.5. The van der Waals surface area contributed by atoms with Crippen molar-refractivity contribution in [3.63, 3.8) is 0 Å². The van der Waals surface area contributed by atoms with E-state index in [0.717, 1.165) is 18.1 Å².